The van der Waals surface area contributed by atoms with Gasteiger partial charge in [0, 0.05) is 6.42 Å². The summed E-state index contributed by atoms with van der Waals surface area (Å²) in [4.78, 5) is 11.7. The largest absolute Gasteiger partial charge is 0.492 e. The predicted molar refractivity (Wildman–Crippen MR) is 76.7 cm³/mol. The van der Waals surface area contributed by atoms with Gasteiger partial charge in [-0.3, -0.25) is 4.79 Å². The van der Waals surface area contributed by atoms with Gasteiger partial charge in [-0.15, -0.1) is 0 Å². The molecule has 0 fully saturated rings. The number of rotatable bonds is 5. The molecular weight excluding hydrogens is 362 g/mol. The Morgan fingerprint density at radius 2 is 1.94 bits per heavy atom. The maximum Gasteiger partial charge on any atom is 0.154 e. The molecule has 3 nitrogen and oxygen atoms in total. The number of carbonyl (C=O) groups excluding carboxylic acids is 1. The van der Waals surface area contributed by atoms with Crippen LogP contribution in [-0.2, 0) is 4.79 Å². The van der Waals surface area contributed by atoms with E-state index in [2.05, 4.69) is 31.9 Å². The number of Topliss-reactive ketones (excluding diaryl/α,β-unsaturated/α-hetero) is 1. The van der Waals surface area contributed by atoms with Gasteiger partial charge in [0.25, 0.3) is 0 Å². The highest BCUT2D eigenvalue weighted by Gasteiger charge is 2.21. The van der Waals surface area contributed by atoms with Crippen molar-refractivity contribution in [1.82, 2.24) is 0 Å². The molecule has 0 aliphatic rings. The van der Waals surface area contributed by atoms with Crippen molar-refractivity contribution in [3.63, 3.8) is 0 Å². The number of ether oxygens (including phenoxy) is 1. The summed E-state index contributed by atoms with van der Waals surface area (Å²) in [5, 5.41) is 9.10. The summed E-state index contributed by atoms with van der Waals surface area (Å²) in [5.41, 5.74) is 0.673. The van der Waals surface area contributed by atoms with Crippen molar-refractivity contribution in [3.8, 4) is 11.8 Å². The molecule has 5 heteroatoms. The third-order valence-electron chi connectivity index (χ3n) is 2.44. The lowest BCUT2D eigenvalue weighted by atomic mass is 9.95. The predicted octanol–water partition coefficient (Wildman–Crippen LogP) is 4.20. The van der Waals surface area contributed by atoms with E-state index in [1.165, 1.54) is 0 Å². The van der Waals surface area contributed by atoms with Gasteiger partial charge in [-0.05, 0) is 56.5 Å². The van der Waals surface area contributed by atoms with Gasteiger partial charge in [0.2, 0.25) is 0 Å². The quantitative estimate of drug-likeness (QED) is 0.776. The third kappa shape index (κ3) is 3.33. The van der Waals surface area contributed by atoms with Crippen LogP contribution in [0.15, 0.2) is 21.1 Å². The van der Waals surface area contributed by atoms with Crippen LogP contribution < -0.4 is 4.74 Å². The lowest BCUT2D eigenvalue weighted by molar-refractivity contribution is -0.119. The van der Waals surface area contributed by atoms with E-state index in [1.807, 2.05) is 13.0 Å². The van der Waals surface area contributed by atoms with Gasteiger partial charge >= 0.3 is 0 Å². The topological polar surface area (TPSA) is 50.1 Å². The number of hydrogen-bond donors (Lipinski definition) is 0. The summed E-state index contributed by atoms with van der Waals surface area (Å²) in [5.74, 6) is -0.124. The maximum absolute atomic E-state index is 11.7. The standard InChI is InChI=1S/C13H13Br2NO2/c1-3-12(17)9(7-16)8-5-10(14)13(18-4-2)11(15)6-8/h5-6,9H,3-4H2,1-2H3. The molecular formula is C13H13Br2NO2. The molecule has 0 saturated heterocycles. The van der Waals surface area contributed by atoms with Crippen molar-refractivity contribution in [2.75, 3.05) is 6.61 Å². The molecule has 0 aliphatic heterocycles. The van der Waals surface area contributed by atoms with E-state index in [0.717, 1.165) is 8.95 Å². The van der Waals surface area contributed by atoms with Gasteiger partial charge in [0.1, 0.15) is 11.7 Å². The molecule has 1 unspecified atom stereocenters. The summed E-state index contributed by atoms with van der Waals surface area (Å²) < 4.78 is 6.93. The Bertz CT molecular complexity index is 471. The van der Waals surface area contributed by atoms with E-state index < -0.39 is 5.92 Å². The Labute approximate surface area is 123 Å². The maximum atomic E-state index is 11.7. The van der Waals surface area contributed by atoms with Crippen LogP contribution in [-0.4, -0.2) is 12.4 Å². The second-order valence-electron chi connectivity index (χ2n) is 3.63. The van der Waals surface area contributed by atoms with Crippen LogP contribution in [0.1, 0.15) is 31.7 Å². The fraction of sp³-hybridized carbons (Fsp3) is 0.385. The average Bonchev–Trinajstić information content (AvgIpc) is 2.34. The Morgan fingerprint density at radius 3 is 2.33 bits per heavy atom. The lowest BCUT2D eigenvalue weighted by Crippen LogP contribution is -2.09. The van der Waals surface area contributed by atoms with Gasteiger partial charge in [0.05, 0.1) is 21.6 Å². The van der Waals surface area contributed by atoms with Crippen LogP contribution >= 0.6 is 31.9 Å². The number of benzene rings is 1. The van der Waals surface area contributed by atoms with Gasteiger partial charge in [-0.25, -0.2) is 0 Å². The first-order chi connectivity index (χ1) is 8.54. The van der Waals surface area contributed by atoms with Crippen LogP contribution in [0.25, 0.3) is 0 Å². The molecule has 96 valence electrons. The molecule has 1 aromatic carbocycles. The zero-order valence-electron chi connectivity index (χ0n) is 10.2. The van der Waals surface area contributed by atoms with Crippen molar-refractivity contribution in [3.05, 3.63) is 26.6 Å². The zero-order chi connectivity index (χ0) is 13.7. The molecule has 0 bridgehead atoms. The minimum absolute atomic E-state index is 0.0829. The second-order valence-corrected chi connectivity index (χ2v) is 5.34. The van der Waals surface area contributed by atoms with Crippen molar-refractivity contribution in [1.29, 1.82) is 5.26 Å². The number of ketones is 1. The molecule has 1 aromatic rings. The van der Waals surface area contributed by atoms with Gasteiger partial charge < -0.3 is 4.74 Å². The first-order valence-electron chi connectivity index (χ1n) is 5.59. The molecule has 1 atom stereocenters. The summed E-state index contributed by atoms with van der Waals surface area (Å²) in [6.45, 7) is 4.20. The van der Waals surface area contributed by atoms with Crippen molar-refractivity contribution in [2.24, 2.45) is 0 Å². The monoisotopic (exact) mass is 373 g/mol. The molecule has 0 spiro atoms. The number of nitriles is 1. The molecule has 0 N–H and O–H groups in total. The van der Waals surface area contributed by atoms with Crippen LogP contribution in [0, 0.1) is 11.3 Å². The van der Waals surface area contributed by atoms with E-state index in [4.69, 9.17) is 10.00 Å². The van der Waals surface area contributed by atoms with Crippen LogP contribution in [0.3, 0.4) is 0 Å². The van der Waals surface area contributed by atoms with Crippen molar-refractivity contribution in [2.45, 2.75) is 26.2 Å². The van der Waals surface area contributed by atoms with E-state index in [9.17, 15) is 4.79 Å². The number of hydrogen-bond acceptors (Lipinski definition) is 3. The molecule has 0 aliphatic carbocycles. The minimum Gasteiger partial charge on any atom is -0.492 e. The number of nitrogens with zero attached hydrogens (tertiary/aromatic N) is 1. The normalized spacial score (nSPS) is 11.7. The number of carbonyl (C=O) groups is 1. The van der Waals surface area contributed by atoms with E-state index >= 15 is 0 Å². The third-order valence-corrected chi connectivity index (χ3v) is 3.62. The summed E-state index contributed by atoms with van der Waals surface area (Å²) >= 11 is 6.78. The molecule has 0 saturated carbocycles. The van der Waals surface area contributed by atoms with Crippen molar-refractivity contribution < 1.29 is 9.53 Å². The molecule has 18 heavy (non-hydrogen) atoms. The fourth-order valence-electron chi connectivity index (χ4n) is 1.56. The summed E-state index contributed by atoms with van der Waals surface area (Å²) in [6, 6.07) is 5.57. The average molecular weight is 375 g/mol. The van der Waals surface area contributed by atoms with E-state index in [-0.39, 0.29) is 5.78 Å². The highest BCUT2D eigenvalue weighted by molar-refractivity contribution is 9.11. The molecule has 0 amide bonds. The SMILES string of the molecule is CCOc1c(Br)cc(C(C#N)C(=O)CC)cc1Br. The first-order valence-corrected chi connectivity index (χ1v) is 7.17. The second kappa shape index (κ2) is 6.91. The molecule has 1 rings (SSSR count). The van der Waals surface area contributed by atoms with Crippen LogP contribution in [0.4, 0.5) is 0 Å². The molecule has 0 radical (unpaired) electrons. The Hall–Kier alpha value is -0.860. The highest BCUT2D eigenvalue weighted by atomic mass is 79.9. The number of halogens is 2. The zero-order valence-corrected chi connectivity index (χ0v) is 13.3. The Morgan fingerprint density at radius 1 is 1.39 bits per heavy atom. The van der Waals surface area contributed by atoms with Crippen molar-refractivity contribution >= 4 is 37.6 Å². The van der Waals surface area contributed by atoms with Gasteiger partial charge in [-0.1, -0.05) is 6.92 Å². The fourth-order valence-corrected chi connectivity index (χ4v) is 3.02. The summed E-state index contributed by atoms with van der Waals surface area (Å²) in [7, 11) is 0. The Kier molecular flexibility index (Phi) is 5.83. The first kappa shape index (κ1) is 15.2. The highest BCUT2D eigenvalue weighted by Crippen LogP contribution is 2.37. The lowest BCUT2D eigenvalue weighted by Gasteiger charge is -2.13. The Balaban J connectivity index is 3.20. The summed E-state index contributed by atoms with van der Waals surface area (Å²) in [6.07, 6.45) is 0.348. The van der Waals surface area contributed by atoms with Crippen LogP contribution in [0.2, 0.25) is 0 Å². The van der Waals surface area contributed by atoms with Crippen LogP contribution in [0.5, 0.6) is 5.75 Å². The van der Waals surface area contributed by atoms with E-state index in [0.29, 0.717) is 24.3 Å². The van der Waals surface area contributed by atoms with Gasteiger partial charge in [-0.2, -0.15) is 5.26 Å². The van der Waals surface area contributed by atoms with E-state index in [1.54, 1.807) is 19.1 Å². The molecule has 0 heterocycles. The van der Waals surface area contributed by atoms with Gasteiger partial charge in [0.15, 0.2) is 5.78 Å². The smallest absolute Gasteiger partial charge is 0.154 e. The molecule has 0 aromatic heterocycles. The minimum atomic E-state index is -0.724.